The van der Waals surface area contributed by atoms with Crippen LogP contribution in [0.15, 0.2) is 24.3 Å². The minimum absolute atomic E-state index is 0.692. The molecule has 2 nitrogen and oxygen atoms in total. The molecule has 0 aliphatic rings. The van der Waals surface area contributed by atoms with Gasteiger partial charge in [0.25, 0.3) is 0 Å². The number of rotatable bonds is 8. The van der Waals surface area contributed by atoms with Crippen molar-refractivity contribution in [1.29, 1.82) is 0 Å². The Bertz CT molecular complexity index is 267. The Balaban J connectivity index is 2.01. The molecule has 0 saturated heterocycles. The summed E-state index contributed by atoms with van der Waals surface area (Å²) in [4.78, 5) is 0. The van der Waals surface area contributed by atoms with Crippen molar-refractivity contribution in [2.75, 3.05) is 26.9 Å². The fourth-order valence-electron chi connectivity index (χ4n) is 1.53. The van der Waals surface area contributed by atoms with Gasteiger partial charge < -0.3 is 9.47 Å². The van der Waals surface area contributed by atoms with Crippen LogP contribution in [0, 0.1) is 6.92 Å². The maximum atomic E-state index is 5.41. The second kappa shape index (κ2) is 8.31. The van der Waals surface area contributed by atoms with E-state index in [9.17, 15) is 0 Å². The number of hydrogen-bond donors (Lipinski definition) is 0. The van der Waals surface area contributed by atoms with Crippen molar-refractivity contribution in [3.63, 3.8) is 0 Å². The van der Waals surface area contributed by atoms with E-state index in [1.165, 1.54) is 17.5 Å². The molecule has 2 heteroatoms. The Morgan fingerprint density at radius 1 is 0.938 bits per heavy atom. The van der Waals surface area contributed by atoms with Crippen LogP contribution in [0.3, 0.4) is 0 Å². The molecule has 0 unspecified atom stereocenters. The van der Waals surface area contributed by atoms with E-state index >= 15 is 0 Å². The molecule has 0 atom stereocenters. The molecule has 0 aliphatic carbocycles. The van der Waals surface area contributed by atoms with Gasteiger partial charge in [-0.05, 0) is 31.7 Å². The minimum Gasteiger partial charge on any atom is -0.382 e. The Morgan fingerprint density at radius 2 is 1.69 bits per heavy atom. The van der Waals surface area contributed by atoms with Crippen LogP contribution in [-0.4, -0.2) is 26.9 Å². The molecule has 0 saturated carbocycles. The fraction of sp³-hybridized carbons (Fsp3) is 0.571. The summed E-state index contributed by atoms with van der Waals surface area (Å²) >= 11 is 0. The monoisotopic (exact) mass is 222 g/mol. The van der Waals surface area contributed by atoms with Gasteiger partial charge in [-0.25, -0.2) is 0 Å². The summed E-state index contributed by atoms with van der Waals surface area (Å²) in [5.41, 5.74) is 2.74. The van der Waals surface area contributed by atoms with Gasteiger partial charge in [0.2, 0.25) is 0 Å². The first-order valence-electron chi connectivity index (χ1n) is 5.95. The number of hydrogen-bond acceptors (Lipinski definition) is 2. The number of unbranched alkanes of at least 4 members (excludes halogenated alkanes) is 1. The Hall–Kier alpha value is -0.860. The van der Waals surface area contributed by atoms with Gasteiger partial charge in [-0.15, -0.1) is 0 Å². The maximum Gasteiger partial charge on any atom is 0.0700 e. The molecule has 1 aromatic carbocycles. The summed E-state index contributed by atoms with van der Waals surface area (Å²) in [6.45, 7) is 4.36. The largest absolute Gasteiger partial charge is 0.382 e. The summed E-state index contributed by atoms with van der Waals surface area (Å²) in [5.74, 6) is 0. The summed E-state index contributed by atoms with van der Waals surface area (Å²) in [6.07, 6.45) is 3.46. The van der Waals surface area contributed by atoms with Gasteiger partial charge in [0.05, 0.1) is 13.2 Å². The Kier molecular flexibility index (Phi) is 6.86. The third-order valence-corrected chi connectivity index (χ3v) is 2.56. The van der Waals surface area contributed by atoms with E-state index in [4.69, 9.17) is 9.47 Å². The van der Waals surface area contributed by atoms with E-state index < -0.39 is 0 Å². The summed E-state index contributed by atoms with van der Waals surface area (Å²) in [6, 6.07) is 8.76. The van der Waals surface area contributed by atoms with E-state index in [-0.39, 0.29) is 0 Å². The first-order valence-corrected chi connectivity index (χ1v) is 5.95. The molecular formula is C14H22O2. The van der Waals surface area contributed by atoms with Crippen LogP contribution < -0.4 is 0 Å². The van der Waals surface area contributed by atoms with Crippen LogP contribution in [0.4, 0.5) is 0 Å². The van der Waals surface area contributed by atoms with Crippen molar-refractivity contribution in [2.24, 2.45) is 0 Å². The molecule has 0 bridgehead atoms. The summed E-state index contributed by atoms with van der Waals surface area (Å²) in [7, 11) is 1.70. The smallest absolute Gasteiger partial charge is 0.0700 e. The molecule has 0 aliphatic heterocycles. The van der Waals surface area contributed by atoms with Crippen LogP contribution >= 0.6 is 0 Å². The normalized spacial score (nSPS) is 10.6. The van der Waals surface area contributed by atoms with Crippen molar-refractivity contribution in [1.82, 2.24) is 0 Å². The van der Waals surface area contributed by atoms with Gasteiger partial charge in [0.15, 0.2) is 0 Å². The lowest BCUT2D eigenvalue weighted by Gasteiger charge is -2.04. The molecule has 0 heterocycles. The van der Waals surface area contributed by atoms with Crippen LogP contribution in [0.25, 0.3) is 0 Å². The van der Waals surface area contributed by atoms with Gasteiger partial charge in [-0.1, -0.05) is 29.8 Å². The quantitative estimate of drug-likeness (QED) is 0.630. The molecule has 90 valence electrons. The Morgan fingerprint density at radius 3 is 2.38 bits per heavy atom. The first kappa shape index (κ1) is 13.2. The van der Waals surface area contributed by atoms with E-state index in [1.54, 1.807) is 7.11 Å². The molecule has 0 spiro atoms. The number of ether oxygens (including phenoxy) is 2. The highest BCUT2D eigenvalue weighted by molar-refractivity contribution is 5.21. The second-order valence-corrected chi connectivity index (χ2v) is 4.05. The van der Waals surface area contributed by atoms with Gasteiger partial charge >= 0.3 is 0 Å². The van der Waals surface area contributed by atoms with Crippen molar-refractivity contribution < 1.29 is 9.47 Å². The highest BCUT2D eigenvalue weighted by Gasteiger charge is 1.94. The third kappa shape index (κ3) is 5.89. The minimum atomic E-state index is 0.692. The lowest BCUT2D eigenvalue weighted by atomic mass is 10.1. The third-order valence-electron chi connectivity index (χ3n) is 2.56. The lowest BCUT2D eigenvalue weighted by Crippen LogP contribution is -2.03. The predicted octanol–water partition coefficient (Wildman–Crippen LogP) is 2.98. The summed E-state index contributed by atoms with van der Waals surface area (Å²) in [5, 5.41) is 0. The van der Waals surface area contributed by atoms with E-state index in [0.29, 0.717) is 13.2 Å². The predicted molar refractivity (Wildman–Crippen MR) is 66.8 cm³/mol. The maximum absolute atomic E-state index is 5.41. The molecule has 16 heavy (non-hydrogen) atoms. The van der Waals surface area contributed by atoms with Crippen LogP contribution in [-0.2, 0) is 15.9 Å². The molecule has 1 aromatic rings. The van der Waals surface area contributed by atoms with E-state index in [0.717, 1.165) is 19.4 Å². The number of aryl methyl sites for hydroxylation is 2. The number of methoxy groups -OCH3 is 1. The second-order valence-electron chi connectivity index (χ2n) is 4.05. The van der Waals surface area contributed by atoms with Gasteiger partial charge in [-0.3, -0.25) is 0 Å². The van der Waals surface area contributed by atoms with Crippen LogP contribution in [0.2, 0.25) is 0 Å². The van der Waals surface area contributed by atoms with Crippen LogP contribution in [0.1, 0.15) is 24.0 Å². The van der Waals surface area contributed by atoms with Gasteiger partial charge in [0, 0.05) is 13.7 Å². The molecule has 0 N–H and O–H groups in total. The first-order chi connectivity index (χ1) is 7.83. The van der Waals surface area contributed by atoms with E-state index in [2.05, 4.69) is 31.2 Å². The van der Waals surface area contributed by atoms with Crippen LogP contribution in [0.5, 0.6) is 0 Å². The van der Waals surface area contributed by atoms with Crippen molar-refractivity contribution in [3.8, 4) is 0 Å². The average molecular weight is 222 g/mol. The zero-order chi connectivity index (χ0) is 11.6. The van der Waals surface area contributed by atoms with Crippen molar-refractivity contribution in [2.45, 2.75) is 26.2 Å². The number of benzene rings is 1. The highest BCUT2D eigenvalue weighted by atomic mass is 16.5. The molecule has 1 rings (SSSR count). The molecule has 0 aromatic heterocycles. The van der Waals surface area contributed by atoms with E-state index in [1.807, 2.05) is 0 Å². The topological polar surface area (TPSA) is 18.5 Å². The molecule has 0 amide bonds. The standard InChI is InChI=1S/C14H22O2/c1-13-6-8-14(9-7-13)5-3-4-10-16-12-11-15-2/h6-9H,3-5,10-12H2,1-2H3. The zero-order valence-corrected chi connectivity index (χ0v) is 10.4. The average Bonchev–Trinajstić information content (AvgIpc) is 2.30. The van der Waals surface area contributed by atoms with Gasteiger partial charge in [0.1, 0.15) is 0 Å². The van der Waals surface area contributed by atoms with Crippen molar-refractivity contribution >= 4 is 0 Å². The lowest BCUT2D eigenvalue weighted by molar-refractivity contribution is 0.0688. The fourth-order valence-corrected chi connectivity index (χ4v) is 1.53. The summed E-state index contributed by atoms with van der Waals surface area (Å²) < 4.78 is 10.3. The van der Waals surface area contributed by atoms with Gasteiger partial charge in [-0.2, -0.15) is 0 Å². The SMILES string of the molecule is COCCOCCCCc1ccc(C)cc1. The molecule has 0 fully saturated rings. The van der Waals surface area contributed by atoms with Crippen molar-refractivity contribution in [3.05, 3.63) is 35.4 Å². The molecule has 0 radical (unpaired) electrons. The zero-order valence-electron chi connectivity index (χ0n) is 10.4. The Labute approximate surface area is 98.6 Å². The highest BCUT2D eigenvalue weighted by Crippen LogP contribution is 2.07. The molecular weight excluding hydrogens is 200 g/mol.